The number of aromatic nitrogens is 1. The molecule has 0 fully saturated rings. The molecule has 30 heavy (non-hydrogen) atoms. The average molecular weight is 433 g/mol. The number of pyridine rings is 1. The molecule has 3 heterocycles. The van der Waals surface area contributed by atoms with Crippen LogP contribution in [-0.2, 0) is 13.1 Å². The lowest BCUT2D eigenvalue weighted by Gasteiger charge is -2.12. The zero-order valence-electron chi connectivity index (χ0n) is 15.9. The predicted molar refractivity (Wildman–Crippen MR) is 124 cm³/mol. The Morgan fingerprint density at radius 1 is 1.13 bits per heavy atom. The molecule has 5 rings (SSSR count). The Labute approximate surface area is 182 Å². The van der Waals surface area contributed by atoms with Crippen LogP contribution in [0.3, 0.4) is 0 Å². The Morgan fingerprint density at radius 2 is 2.03 bits per heavy atom. The number of benzene rings is 2. The fourth-order valence-electron chi connectivity index (χ4n) is 3.50. The first-order valence-electron chi connectivity index (χ1n) is 9.47. The Balaban J connectivity index is 1.39. The van der Waals surface area contributed by atoms with Gasteiger partial charge in [0.15, 0.2) is 0 Å². The number of nitrogens with zero attached hydrogens (tertiary/aromatic N) is 2. The third-order valence-electron chi connectivity index (χ3n) is 4.95. The van der Waals surface area contributed by atoms with Crippen LogP contribution in [0.15, 0.2) is 65.8 Å². The van der Waals surface area contributed by atoms with Crippen LogP contribution in [-0.4, -0.2) is 17.2 Å². The van der Waals surface area contributed by atoms with Crippen molar-refractivity contribution in [3.05, 3.63) is 82.6 Å². The van der Waals surface area contributed by atoms with Crippen molar-refractivity contribution in [3.8, 4) is 10.4 Å². The summed E-state index contributed by atoms with van der Waals surface area (Å²) in [7, 11) is 0. The summed E-state index contributed by atoms with van der Waals surface area (Å²) in [6, 6.07) is 17.8. The van der Waals surface area contributed by atoms with E-state index in [1.807, 2.05) is 30.5 Å². The summed E-state index contributed by atoms with van der Waals surface area (Å²) in [4.78, 5) is 22.1. The molecule has 0 spiro atoms. The van der Waals surface area contributed by atoms with Crippen LogP contribution >= 0.6 is 22.9 Å². The summed E-state index contributed by atoms with van der Waals surface area (Å²) < 4.78 is 1.24. The number of hydrogen-bond acceptors (Lipinski definition) is 4. The van der Waals surface area contributed by atoms with Crippen LogP contribution in [0.4, 0.5) is 10.5 Å². The number of halogens is 1. The molecule has 2 aromatic carbocycles. The molecule has 0 bridgehead atoms. The number of rotatable bonds is 4. The summed E-state index contributed by atoms with van der Waals surface area (Å²) in [5.41, 5.74) is 4.97. The van der Waals surface area contributed by atoms with E-state index in [9.17, 15) is 4.79 Å². The highest BCUT2D eigenvalue weighted by molar-refractivity contribution is 7.22. The number of carbonyl (C=O) groups is 1. The first-order valence-corrected chi connectivity index (χ1v) is 10.7. The number of fused-ring (bicyclic) bond motifs is 2. The molecule has 0 radical (unpaired) electrons. The van der Waals surface area contributed by atoms with Gasteiger partial charge in [0.2, 0.25) is 0 Å². The van der Waals surface area contributed by atoms with Gasteiger partial charge in [-0.2, -0.15) is 0 Å². The molecule has 0 saturated heterocycles. The standard InChI is InChI=1S/C23H17ClN4OS/c24-22-6-5-14(10-26-22)11-27-23(29)28-17-7-16-12-25-13-19(16)18(9-17)21-8-15-3-1-2-4-20(15)30-21/h1-10,12H,11,13H2,(H2,27,28,29). The minimum absolute atomic E-state index is 0.276. The minimum atomic E-state index is -0.276. The SMILES string of the molecule is O=C(NCc1ccc(Cl)nc1)Nc1cc2c(c(-c3cc4ccccc4s3)c1)CN=C2. The van der Waals surface area contributed by atoms with E-state index in [4.69, 9.17) is 11.6 Å². The lowest BCUT2D eigenvalue weighted by Crippen LogP contribution is -2.28. The van der Waals surface area contributed by atoms with Gasteiger partial charge in [0.25, 0.3) is 0 Å². The van der Waals surface area contributed by atoms with Gasteiger partial charge in [-0.25, -0.2) is 9.78 Å². The van der Waals surface area contributed by atoms with Crippen molar-refractivity contribution in [2.24, 2.45) is 4.99 Å². The molecular formula is C23H17ClN4OS. The second-order valence-corrected chi connectivity index (χ2v) is 8.48. The molecule has 0 unspecified atom stereocenters. The fraction of sp³-hybridized carbons (Fsp3) is 0.0870. The topological polar surface area (TPSA) is 66.4 Å². The number of anilines is 1. The molecule has 4 aromatic rings. The number of hydrogen-bond donors (Lipinski definition) is 2. The minimum Gasteiger partial charge on any atom is -0.334 e. The van der Waals surface area contributed by atoms with Gasteiger partial charge in [0.1, 0.15) is 5.15 Å². The maximum Gasteiger partial charge on any atom is 0.319 e. The number of amides is 2. The molecule has 148 valence electrons. The van der Waals surface area contributed by atoms with E-state index in [0.29, 0.717) is 18.2 Å². The van der Waals surface area contributed by atoms with Gasteiger partial charge >= 0.3 is 6.03 Å². The summed E-state index contributed by atoms with van der Waals surface area (Å²) in [5.74, 6) is 0. The highest BCUT2D eigenvalue weighted by Crippen LogP contribution is 2.39. The Bertz CT molecular complexity index is 1250. The number of aliphatic imine (C=N–C) groups is 1. The number of nitrogens with one attached hydrogen (secondary N) is 2. The number of carbonyl (C=O) groups excluding carboxylic acids is 1. The van der Waals surface area contributed by atoms with Crippen LogP contribution in [0.5, 0.6) is 0 Å². The maximum absolute atomic E-state index is 12.4. The highest BCUT2D eigenvalue weighted by Gasteiger charge is 2.17. The monoisotopic (exact) mass is 432 g/mol. The van der Waals surface area contributed by atoms with E-state index in [0.717, 1.165) is 22.4 Å². The smallest absolute Gasteiger partial charge is 0.319 e. The zero-order chi connectivity index (χ0) is 20.5. The van der Waals surface area contributed by atoms with Crippen molar-refractivity contribution < 1.29 is 4.79 Å². The molecule has 1 aliphatic rings. The van der Waals surface area contributed by atoms with Crippen molar-refractivity contribution in [1.29, 1.82) is 0 Å². The van der Waals surface area contributed by atoms with Gasteiger partial charge in [0, 0.05) is 39.8 Å². The first kappa shape index (κ1) is 18.8. The fourth-order valence-corrected chi connectivity index (χ4v) is 4.71. The van der Waals surface area contributed by atoms with Gasteiger partial charge < -0.3 is 10.6 Å². The van der Waals surface area contributed by atoms with Crippen molar-refractivity contribution in [2.75, 3.05) is 5.32 Å². The van der Waals surface area contributed by atoms with Crippen LogP contribution < -0.4 is 10.6 Å². The molecule has 0 aliphatic carbocycles. The normalized spacial score (nSPS) is 12.2. The van der Waals surface area contributed by atoms with Gasteiger partial charge in [0.05, 0.1) is 6.54 Å². The molecule has 0 atom stereocenters. The first-order chi connectivity index (χ1) is 14.7. The Morgan fingerprint density at radius 3 is 2.87 bits per heavy atom. The van der Waals surface area contributed by atoms with E-state index in [1.165, 1.54) is 20.5 Å². The van der Waals surface area contributed by atoms with Crippen LogP contribution in [0.25, 0.3) is 20.5 Å². The van der Waals surface area contributed by atoms with E-state index in [2.05, 4.69) is 44.9 Å². The molecule has 7 heteroatoms. The Kier molecular flexibility index (Phi) is 4.94. The number of urea groups is 1. The van der Waals surface area contributed by atoms with E-state index in [1.54, 1.807) is 23.6 Å². The highest BCUT2D eigenvalue weighted by atomic mass is 35.5. The predicted octanol–water partition coefficient (Wildman–Crippen LogP) is 5.87. The van der Waals surface area contributed by atoms with Crippen molar-refractivity contribution in [2.45, 2.75) is 13.1 Å². The van der Waals surface area contributed by atoms with Crippen molar-refractivity contribution in [3.63, 3.8) is 0 Å². The van der Waals surface area contributed by atoms with Gasteiger partial charge in [-0.1, -0.05) is 35.9 Å². The van der Waals surface area contributed by atoms with E-state index < -0.39 is 0 Å². The van der Waals surface area contributed by atoms with Crippen molar-refractivity contribution >= 4 is 51.0 Å². The maximum atomic E-state index is 12.4. The molecular weight excluding hydrogens is 416 g/mol. The lowest BCUT2D eigenvalue weighted by atomic mass is 10.0. The molecule has 2 amide bonds. The second-order valence-electron chi connectivity index (χ2n) is 7.01. The summed E-state index contributed by atoms with van der Waals surface area (Å²) >= 11 is 7.55. The quantitative estimate of drug-likeness (QED) is 0.396. The third-order valence-corrected chi connectivity index (χ3v) is 6.33. The van der Waals surface area contributed by atoms with E-state index >= 15 is 0 Å². The average Bonchev–Trinajstić information content (AvgIpc) is 3.39. The molecule has 5 nitrogen and oxygen atoms in total. The van der Waals surface area contributed by atoms with E-state index in [-0.39, 0.29) is 6.03 Å². The molecule has 1 aliphatic heterocycles. The van der Waals surface area contributed by atoms with Crippen molar-refractivity contribution in [1.82, 2.24) is 10.3 Å². The van der Waals surface area contributed by atoms with Gasteiger partial charge in [-0.3, -0.25) is 4.99 Å². The molecule has 0 saturated carbocycles. The lowest BCUT2D eigenvalue weighted by molar-refractivity contribution is 0.251. The largest absolute Gasteiger partial charge is 0.334 e. The Hall–Kier alpha value is -3.22. The van der Waals surface area contributed by atoms with Gasteiger partial charge in [-0.15, -0.1) is 11.3 Å². The molecule has 2 aromatic heterocycles. The third kappa shape index (κ3) is 3.79. The van der Waals surface area contributed by atoms with Crippen LogP contribution in [0.1, 0.15) is 16.7 Å². The summed E-state index contributed by atoms with van der Waals surface area (Å²) in [5, 5.41) is 7.44. The summed E-state index contributed by atoms with van der Waals surface area (Å²) in [6.07, 6.45) is 3.52. The van der Waals surface area contributed by atoms with Gasteiger partial charge in [-0.05, 0) is 52.4 Å². The molecule has 2 N–H and O–H groups in total. The van der Waals surface area contributed by atoms with Crippen LogP contribution in [0.2, 0.25) is 5.15 Å². The van der Waals surface area contributed by atoms with Crippen LogP contribution in [0, 0.1) is 0 Å². The zero-order valence-corrected chi connectivity index (χ0v) is 17.4. The number of thiophene rings is 1. The summed E-state index contributed by atoms with van der Waals surface area (Å²) in [6.45, 7) is 1.03. The second kappa shape index (κ2) is 7.89.